The summed E-state index contributed by atoms with van der Waals surface area (Å²) in [5.74, 6) is 2.69. The molecule has 3 aromatic rings. The normalized spacial score (nSPS) is 10.9. The van der Waals surface area contributed by atoms with Crippen LogP contribution in [0.4, 0.5) is 0 Å². The molecule has 1 N–H and O–H groups in total. The number of nitrogens with zero attached hydrogens (tertiary/aromatic N) is 4. The summed E-state index contributed by atoms with van der Waals surface area (Å²) in [6.07, 6.45) is 1.55. The van der Waals surface area contributed by atoms with Gasteiger partial charge in [0.05, 0.1) is 32.8 Å². The molecule has 0 saturated carbocycles. The molecule has 9 nitrogen and oxygen atoms in total. The first-order valence-corrected chi connectivity index (χ1v) is 11.4. The summed E-state index contributed by atoms with van der Waals surface area (Å²) in [5, 5.41) is 13.2. The Morgan fingerprint density at radius 3 is 2.55 bits per heavy atom. The van der Waals surface area contributed by atoms with Gasteiger partial charge in [-0.3, -0.25) is 4.79 Å². The zero-order valence-corrected chi connectivity index (χ0v) is 19.9. The Labute approximate surface area is 197 Å². The summed E-state index contributed by atoms with van der Waals surface area (Å²) in [6.45, 7) is 5.14. The minimum absolute atomic E-state index is 0.157. The van der Waals surface area contributed by atoms with E-state index in [1.54, 1.807) is 32.6 Å². The highest BCUT2D eigenvalue weighted by Gasteiger charge is 2.14. The molecule has 1 amide bonds. The van der Waals surface area contributed by atoms with Crippen LogP contribution in [0.25, 0.3) is 11.4 Å². The van der Waals surface area contributed by atoms with Crippen LogP contribution in [-0.4, -0.2) is 53.5 Å². The molecule has 0 unspecified atom stereocenters. The maximum Gasteiger partial charge on any atom is 0.250 e. The number of carbonyl (C=O) groups is 1. The molecule has 0 saturated heterocycles. The van der Waals surface area contributed by atoms with E-state index in [-0.39, 0.29) is 11.7 Å². The summed E-state index contributed by atoms with van der Waals surface area (Å²) in [4.78, 5) is 12.3. The van der Waals surface area contributed by atoms with E-state index in [4.69, 9.17) is 14.2 Å². The molecular weight excluding hydrogens is 442 g/mol. The van der Waals surface area contributed by atoms with Gasteiger partial charge in [-0.15, -0.1) is 10.2 Å². The molecule has 174 valence electrons. The van der Waals surface area contributed by atoms with Crippen LogP contribution in [0.5, 0.6) is 17.2 Å². The van der Waals surface area contributed by atoms with Gasteiger partial charge in [-0.2, -0.15) is 5.10 Å². The van der Waals surface area contributed by atoms with E-state index >= 15 is 0 Å². The second-order valence-electron chi connectivity index (χ2n) is 6.70. The summed E-state index contributed by atoms with van der Waals surface area (Å²) in [5.41, 5.74) is 4.24. The topological polar surface area (TPSA) is 99.9 Å². The van der Waals surface area contributed by atoms with Crippen molar-refractivity contribution in [3.63, 3.8) is 0 Å². The van der Waals surface area contributed by atoms with E-state index in [9.17, 15) is 4.79 Å². The molecule has 0 radical (unpaired) electrons. The van der Waals surface area contributed by atoms with E-state index in [0.29, 0.717) is 29.8 Å². The number of amides is 1. The monoisotopic (exact) mass is 469 g/mol. The third kappa shape index (κ3) is 6.26. The second-order valence-corrected chi connectivity index (χ2v) is 7.65. The van der Waals surface area contributed by atoms with Gasteiger partial charge in [-0.25, -0.2) is 5.43 Å². The van der Waals surface area contributed by atoms with Gasteiger partial charge in [0.2, 0.25) is 0 Å². The Morgan fingerprint density at radius 2 is 1.88 bits per heavy atom. The molecule has 0 fully saturated rings. The SMILES string of the molecule is CCOc1ccc(/C=N\NC(=O)CSc2nnc(-c3ccc(OC)cc3)n2CC)cc1OC. The fourth-order valence-electron chi connectivity index (χ4n) is 3.01. The highest BCUT2D eigenvalue weighted by Crippen LogP contribution is 2.27. The van der Waals surface area contributed by atoms with Crippen molar-refractivity contribution in [1.29, 1.82) is 0 Å². The average Bonchev–Trinajstić information content (AvgIpc) is 3.26. The summed E-state index contributed by atoms with van der Waals surface area (Å²) < 4.78 is 18.0. The van der Waals surface area contributed by atoms with E-state index in [1.165, 1.54) is 11.8 Å². The van der Waals surface area contributed by atoms with Crippen LogP contribution in [0.2, 0.25) is 0 Å². The summed E-state index contributed by atoms with van der Waals surface area (Å²) >= 11 is 1.30. The van der Waals surface area contributed by atoms with E-state index in [0.717, 1.165) is 22.7 Å². The number of nitrogens with one attached hydrogen (secondary N) is 1. The number of rotatable bonds is 11. The molecule has 33 heavy (non-hydrogen) atoms. The first-order valence-electron chi connectivity index (χ1n) is 10.4. The first kappa shape index (κ1) is 24.1. The van der Waals surface area contributed by atoms with Crippen molar-refractivity contribution < 1.29 is 19.0 Å². The standard InChI is InChI=1S/C23H27N5O4S/c1-5-28-22(17-8-10-18(30-3)11-9-17)26-27-23(28)33-15-21(29)25-24-14-16-7-12-19(32-6-2)20(13-16)31-4/h7-14H,5-6,15H2,1-4H3,(H,25,29)/b24-14-. The first-order chi connectivity index (χ1) is 16.1. The molecular formula is C23H27N5O4S. The molecule has 0 bridgehead atoms. The summed E-state index contributed by atoms with van der Waals surface area (Å²) in [7, 11) is 3.20. The van der Waals surface area contributed by atoms with Crippen molar-refractivity contribution >= 4 is 23.9 Å². The lowest BCUT2D eigenvalue weighted by molar-refractivity contribution is -0.118. The highest BCUT2D eigenvalue weighted by atomic mass is 32.2. The molecule has 2 aromatic carbocycles. The maximum atomic E-state index is 12.3. The van der Waals surface area contributed by atoms with Crippen molar-refractivity contribution in [1.82, 2.24) is 20.2 Å². The molecule has 1 heterocycles. The Bertz CT molecular complexity index is 1100. The molecule has 0 atom stereocenters. The van der Waals surface area contributed by atoms with Crippen LogP contribution in [0.15, 0.2) is 52.7 Å². The van der Waals surface area contributed by atoms with E-state index in [2.05, 4.69) is 20.7 Å². The van der Waals surface area contributed by atoms with Gasteiger partial charge in [0.25, 0.3) is 5.91 Å². The van der Waals surface area contributed by atoms with Gasteiger partial charge >= 0.3 is 0 Å². The minimum Gasteiger partial charge on any atom is -0.497 e. The molecule has 1 aromatic heterocycles. The number of hydrogen-bond acceptors (Lipinski definition) is 8. The van der Waals surface area contributed by atoms with Gasteiger partial charge in [-0.05, 0) is 61.9 Å². The average molecular weight is 470 g/mol. The van der Waals surface area contributed by atoms with Gasteiger partial charge in [0.1, 0.15) is 5.75 Å². The number of methoxy groups -OCH3 is 2. The number of aromatic nitrogens is 3. The van der Waals surface area contributed by atoms with Crippen molar-refractivity contribution in [2.75, 3.05) is 26.6 Å². The number of ether oxygens (including phenoxy) is 3. The van der Waals surface area contributed by atoms with Crippen LogP contribution < -0.4 is 19.6 Å². The zero-order valence-electron chi connectivity index (χ0n) is 19.1. The largest absolute Gasteiger partial charge is 0.497 e. The minimum atomic E-state index is -0.245. The zero-order chi connectivity index (χ0) is 23.6. The molecule has 3 rings (SSSR count). The van der Waals surface area contributed by atoms with E-state index in [1.807, 2.05) is 48.7 Å². The lowest BCUT2D eigenvalue weighted by Gasteiger charge is -2.09. The van der Waals surface area contributed by atoms with Gasteiger partial charge in [0, 0.05) is 12.1 Å². The number of thioether (sulfide) groups is 1. The lowest BCUT2D eigenvalue weighted by Crippen LogP contribution is -2.20. The Hall–Kier alpha value is -3.53. The third-order valence-corrected chi connectivity index (χ3v) is 5.57. The van der Waals surface area contributed by atoms with Crippen molar-refractivity contribution in [3.05, 3.63) is 48.0 Å². The van der Waals surface area contributed by atoms with Crippen LogP contribution >= 0.6 is 11.8 Å². The smallest absolute Gasteiger partial charge is 0.250 e. The summed E-state index contributed by atoms with van der Waals surface area (Å²) in [6, 6.07) is 13.0. The fourth-order valence-corrected chi connectivity index (χ4v) is 3.81. The quantitative estimate of drug-likeness (QED) is 0.260. The maximum absolute atomic E-state index is 12.3. The van der Waals surface area contributed by atoms with Gasteiger partial charge in [-0.1, -0.05) is 11.8 Å². The Kier molecular flexibility index (Phi) is 8.71. The number of hydrazone groups is 1. The van der Waals surface area contributed by atoms with Crippen molar-refractivity contribution in [2.45, 2.75) is 25.5 Å². The fraction of sp³-hybridized carbons (Fsp3) is 0.304. The molecule has 0 aliphatic carbocycles. The van der Waals surface area contributed by atoms with Gasteiger partial charge < -0.3 is 18.8 Å². The molecule has 0 aliphatic rings. The van der Waals surface area contributed by atoms with Crippen LogP contribution in [0.3, 0.4) is 0 Å². The van der Waals surface area contributed by atoms with Gasteiger partial charge in [0.15, 0.2) is 22.5 Å². The Morgan fingerprint density at radius 1 is 1.09 bits per heavy atom. The van der Waals surface area contributed by atoms with E-state index < -0.39 is 0 Å². The lowest BCUT2D eigenvalue weighted by atomic mass is 10.2. The molecule has 0 aliphatic heterocycles. The molecule has 0 spiro atoms. The predicted octanol–water partition coefficient (Wildman–Crippen LogP) is 3.62. The number of hydrogen-bond donors (Lipinski definition) is 1. The van der Waals surface area contributed by atoms with Crippen LogP contribution in [0.1, 0.15) is 19.4 Å². The van der Waals surface area contributed by atoms with Crippen molar-refractivity contribution in [2.24, 2.45) is 5.10 Å². The number of benzene rings is 2. The van der Waals surface area contributed by atoms with Crippen molar-refractivity contribution in [3.8, 4) is 28.6 Å². The number of carbonyl (C=O) groups excluding carboxylic acids is 1. The van der Waals surface area contributed by atoms with Crippen LogP contribution in [0, 0.1) is 0 Å². The second kappa shape index (κ2) is 11.9. The van der Waals surface area contributed by atoms with Crippen LogP contribution in [-0.2, 0) is 11.3 Å². The third-order valence-electron chi connectivity index (χ3n) is 4.60. The highest BCUT2D eigenvalue weighted by molar-refractivity contribution is 7.99. The Balaban J connectivity index is 1.58. The molecule has 10 heteroatoms. The predicted molar refractivity (Wildman–Crippen MR) is 128 cm³/mol.